The highest BCUT2D eigenvalue weighted by Gasteiger charge is 2.42. The molecule has 2 N–H and O–H groups in total. The summed E-state index contributed by atoms with van der Waals surface area (Å²) in [6.45, 7) is 0.537. The minimum absolute atomic E-state index is 0.0156. The van der Waals surface area contributed by atoms with Gasteiger partial charge in [0.1, 0.15) is 5.54 Å². The van der Waals surface area contributed by atoms with Crippen LogP contribution in [0.2, 0.25) is 0 Å². The Bertz CT molecular complexity index is 705. The first-order valence-corrected chi connectivity index (χ1v) is 8.68. The maximum atomic E-state index is 12.7. The highest BCUT2D eigenvalue weighted by atomic mass is 16.7. The van der Waals surface area contributed by atoms with Gasteiger partial charge in [0.2, 0.25) is 5.91 Å². The van der Waals surface area contributed by atoms with Gasteiger partial charge in [-0.3, -0.25) is 14.4 Å². The van der Waals surface area contributed by atoms with Gasteiger partial charge in [0.25, 0.3) is 11.8 Å². The molecule has 3 rings (SSSR count). The SMILES string of the molecule is O=C(N[C@]1(Cc2ccccc2)CCCCNC1=O)ON1C(=O)CCC1=O. The van der Waals surface area contributed by atoms with Crippen molar-refractivity contribution in [3.05, 3.63) is 35.9 Å². The van der Waals surface area contributed by atoms with Crippen LogP contribution < -0.4 is 10.6 Å². The van der Waals surface area contributed by atoms with Gasteiger partial charge < -0.3 is 15.5 Å². The number of amides is 4. The Kier molecular flexibility index (Phi) is 5.20. The molecule has 0 saturated carbocycles. The van der Waals surface area contributed by atoms with E-state index in [9.17, 15) is 19.2 Å². The molecule has 0 radical (unpaired) electrons. The average Bonchev–Trinajstić information content (AvgIpc) is 2.83. The highest BCUT2D eigenvalue weighted by Crippen LogP contribution is 2.24. The van der Waals surface area contributed by atoms with E-state index in [1.165, 1.54) is 0 Å². The van der Waals surface area contributed by atoms with Crippen molar-refractivity contribution in [3.63, 3.8) is 0 Å². The van der Waals surface area contributed by atoms with E-state index < -0.39 is 23.4 Å². The summed E-state index contributed by atoms with van der Waals surface area (Å²) >= 11 is 0. The molecule has 2 fully saturated rings. The molecule has 2 aliphatic heterocycles. The number of nitrogens with one attached hydrogen (secondary N) is 2. The van der Waals surface area contributed by atoms with Crippen LogP contribution in [0.15, 0.2) is 30.3 Å². The van der Waals surface area contributed by atoms with Gasteiger partial charge in [0, 0.05) is 25.8 Å². The molecule has 26 heavy (non-hydrogen) atoms. The fraction of sp³-hybridized carbons (Fsp3) is 0.444. The standard InChI is InChI=1S/C18H21N3O5/c22-14-8-9-15(23)21(14)26-17(25)20-18(10-4-5-11-19-16(18)24)12-13-6-2-1-3-7-13/h1-3,6-7H,4-5,8-12H2,(H,19,24)(H,20,25)/t18-/m0/s1. The number of carbonyl (C=O) groups excluding carboxylic acids is 4. The van der Waals surface area contributed by atoms with Crippen molar-refractivity contribution in [1.82, 2.24) is 15.7 Å². The summed E-state index contributed by atoms with van der Waals surface area (Å²) in [5, 5.41) is 5.91. The molecule has 0 bridgehead atoms. The van der Waals surface area contributed by atoms with Crippen LogP contribution in [0.3, 0.4) is 0 Å². The number of hydroxylamine groups is 2. The Morgan fingerprint density at radius 1 is 1.12 bits per heavy atom. The van der Waals surface area contributed by atoms with Crippen molar-refractivity contribution in [2.45, 2.75) is 44.1 Å². The van der Waals surface area contributed by atoms with Crippen LogP contribution >= 0.6 is 0 Å². The molecule has 1 aromatic rings. The third-order valence-electron chi connectivity index (χ3n) is 4.62. The van der Waals surface area contributed by atoms with Crippen molar-refractivity contribution in [2.24, 2.45) is 0 Å². The second kappa shape index (κ2) is 7.55. The molecule has 1 atom stereocenters. The number of imide groups is 1. The van der Waals surface area contributed by atoms with Crippen molar-refractivity contribution in [1.29, 1.82) is 0 Å². The van der Waals surface area contributed by atoms with E-state index in [1.807, 2.05) is 30.3 Å². The zero-order valence-corrected chi connectivity index (χ0v) is 14.3. The van der Waals surface area contributed by atoms with E-state index in [2.05, 4.69) is 10.6 Å². The molecular weight excluding hydrogens is 338 g/mol. The van der Waals surface area contributed by atoms with Gasteiger partial charge in [-0.05, 0) is 24.8 Å². The summed E-state index contributed by atoms with van der Waals surface area (Å²) in [7, 11) is 0. The van der Waals surface area contributed by atoms with E-state index in [4.69, 9.17) is 4.84 Å². The largest absolute Gasteiger partial charge is 0.433 e. The fourth-order valence-electron chi connectivity index (χ4n) is 3.27. The maximum absolute atomic E-state index is 12.7. The first kappa shape index (κ1) is 17.9. The average molecular weight is 359 g/mol. The Balaban J connectivity index is 1.78. The summed E-state index contributed by atoms with van der Waals surface area (Å²) in [4.78, 5) is 53.2. The molecule has 2 saturated heterocycles. The monoisotopic (exact) mass is 359 g/mol. The van der Waals surface area contributed by atoms with Crippen LogP contribution in [0.4, 0.5) is 4.79 Å². The quantitative estimate of drug-likeness (QED) is 0.782. The normalized spacial score (nSPS) is 23.4. The number of hydrogen-bond donors (Lipinski definition) is 2. The Morgan fingerprint density at radius 3 is 2.50 bits per heavy atom. The third-order valence-corrected chi connectivity index (χ3v) is 4.62. The molecule has 8 nitrogen and oxygen atoms in total. The minimum atomic E-state index is -1.19. The smallest absolute Gasteiger partial charge is 0.354 e. The molecule has 2 aliphatic rings. The molecule has 4 amide bonds. The summed E-state index contributed by atoms with van der Waals surface area (Å²) in [5.41, 5.74) is -0.306. The zero-order chi connectivity index (χ0) is 18.6. The summed E-state index contributed by atoms with van der Waals surface area (Å²) in [6.07, 6.45) is 1.32. The van der Waals surface area contributed by atoms with Gasteiger partial charge in [-0.15, -0.1) is 5.06 Å². The first-order chi connectivity index (χ1) is 12.5. The van der Waals surface area contributed by atoms with Crippen LogP contribution in [0.25, 0.3) is 0 Å². The van der Waals surface area contributed by atoms with Crippen LogP contribution in [0.1, 0.15) is 37.7 Å². The van der Waals surface area contributed by atoms with Crippen LogP contribution in [-0.2, 0) is 25.6 Å². The van der Waals surface area contributed by atoms with Crippen molar-refractivity contribution >= 4 is 23.8 Å². The van der Waals surface area contributed by atoms with E-state index in [1.54, 1.807) is 0 Å². The molecular formula is C18H21N3O5. The number of rotatable bonds is 4. The maximum Gasteiger partial charge on any atom is 0.433 e. The molecule has 1 aromatic carbocycles. The lowest BCUT2D eigenvalue weighted by atomic mass is 9.86. The highest BCUT2D eigenvalue weighted by molar-refractivity contribution is 6.01. The molecule has 2 heterocycles. The summed E-state index contributed by atoms with van der Waals surface area (Å²) in [6, 6.07) is 9.34. The van der Waals surface area contributed by atoms with E-state index in [-0.39, 0.29) is 25.2 Å². The van der Waals surface area contributed by atoms with E-state index in [0.29, 0.717) is 18.0 Å². The van der Waals surface area contributed by atoms with Gasteiger partial charge in [-0.1, -0.05) is 30.3 Å². The minimum Gasteiger partial charge on any atom is -0.354 e. The van der Waals surface area contributed by atoms with Gasteiger partial charge >= 0.3 is 6.09 Å². The zero-order valence-electron chi connectivity index (χ0n) is 14.3. The number of hydrogen-bond acceptors (Lipinski definition) is 5. The first-order valence-electron chi connectivity index (χ1n) is 8.68. The third kappa shape index (κ3) is 3.84. The van der Waals surface area contributed by atoms with E-state index >= 15 is 0 Å². The fourth-order valence-corrected chi connectivity index (χ4v) is 3.27. The number of benzene rings is 1. The van der Waals surface area contributed by atoms with E-state index in [0.717, 1.165) is 18.4 Å². The van der Waals surface area contributed by atoms with Crippen LogP contribution in [-0.4, -0.2) is 41.0 Å². The number of nitrogens with zero attached hydrogens (tertiary/aromatic N) is 1. The van der Waals surface area contributed by atoms with Gasteiger partial charge in [0.15, 0.2) is 0 Å². The van der Waals surface area contributed by atoms with Gasteiger partial charge in [-0.2, -0.15) is 0 Å². The van der Waals surface area contributed by atoms with Crippen LogP contribution in [0, 0.1) is 0 Å². The lowest BCUT2D eigenvalue weighted by Crippen LogP contribution is -2.60. The Labute approximate surface area is 150 Å². The molecule has 8 heteroatoms. The Hall–Kier alpha value is -2.90. The van der Waals surface area contributed by atoms with Crippen molar-refractivity contribution in [3.8, 4) is 0 Å². The lowest BCUT2D eigenvalue weighted by Gasteiger charge is -2.32. The molecule has 0 aliphatic carbocycles. The lowest BCUT2D eigenvalue weighted by molar-refractivity contribution is -0.171. The molecule has 138 valence electrons. The predicted molar refractivity (Wildman–Crippen MR) is 90.4 cm³/mol. The second-order valence-electron chi connectivity index (χ2n) is 6.54. The molecule has 0 unspecified atom stereocenters. The Morgan fingerprint density at radius 2 is 1.81 bits per heavy atom. The topological polar surface area (TPSA) is 105 Å². The molecule has 0 spiro atoms. The number of carbonyl (C=O) groups is 4. The van der Waals surface area contributed by atoms with Crippen LogP contribution in [0.5, 0.6) is 0 Å². The predicted octanol–water partition coefficient (Wildman–Crippen LogP) is 1.06. The van der Waals surface area contributed by atoms with Crippen molar-refractivity contribution in [2.75, 3.05) is 6.54 Å². The van der Waals surface area contributed by atoms with Gasteiger partial charge in [-0.25, -0.2) is 4.79 Å². The molecule has 0 aromatic heterocycles. The summed E-state index contributed by atoms with van der Waals surface area (Å²) in [5.74, 6) is -1.42. The van der Waals surface area contributed by atoms with Crippen molar-refractivity contribution < 1.29 is 24.0 Å². The second-order valence-corrected chi connectivity index (χ2v) is 6.54. The summed E-state index contributed by atoms with van der Waals surface area (Å²) < 4.78 is 0. The van der Waals surface area contributed by atoms with Gasteiger partial charge in [0.05, 0.1) is 0 Å².